The van der Waals surface area contributed by atoms with Gasteiger partial charge in [0.25, 0.3) is 0 Å². The summed E-state index contributed by atoms with van der Waals surface area (Å²) < 4.78 is 0. The molecule has 1 unspecified atom stereocenters. The molecule has 1 atom stereocenters. The Morgan fingerprint density at radius 2 is 1.82 bits per heavy atom. The molecular formula is C14H24N2O. The second-order valence-corrected chi connectivity index (χ2v) is 4.31. The predicted octanol–water partition coefficient (Wildman–Crippen LogP) is 2.28. The van der Waals surface area contributed by atoms with E-state index in [0.717, 1.165) is 32.5 Å². The van der Waals surface area contributed by atoms with Crippen LogP contribution in [0, 0.1) is 0 Å². The van der Waals surface area contributed by atoms with E-state index in [0.29, 0.717) is 5.92 Å². The Morgan fingerprint density at radius 1 is 1.18 bits per heavy atom. The predicted molar refractivity (Wildman–Crippen MR) is 71.1 cm³/mol. The van der Waals surface area contributed by atoms with Crippen LogP contribution in [0.2, 0.25) is 0 Å². The van der Waals surface area contributed by atoms with Crippen LogP contribution >= 0.6 is 0 Å². The molecule has 17 heavy (non-hydrogen) atoms. The number of hydrogen-bond donors (Lipinski definition) is 1. The average Bonchev–Trinajstić information content (AvgIpc) is 2.39. The van der Waals surface area contributed by atoms with Crippen LogP contribution in [0.4, 0.5) is 0 Å². The van der Waals surface area contributed by atoms with Gasteiger partial charge in [-0.2, -0.15) is 0 Å². The van der Waals surface area contributed by atoms with Crippen molar-refractivity contribution in [2.75, 3.05) is 26.2 Å². The van der Waals surface area contributed by atoms with Crippen molar-refractivity contribution in [2.24, 2.45) is 0 Å². The van der Waals surface area contributed by atoms with Gasteiger partial charge in [0.1, 0.15) is 0 Å². The summed E-state index contributed by atoms with van der Waals surface area (Å²) in [5, 5.41) is 9.15. The molecule has 1 aromatic heterocycles. The molecule has 0 radical (unpaired) electrons. The fraction of sp³-hybridized carbons (Fsp3) is 0.643. The first-order chi connectivity index (χ1) is 8.31. The number of nitrogens with zero attached hydrogens (tertiary/aromatic N) is 2. The zero-order chi connectivity index (χ0) is 12.5. The quantitative estimate of drug-likeness (QED) is 0.752. The van der Waals surface area contributed by atoms with Gasteiger partial charge < -0.3 is 10.0 Å². The fourth-order valence-electron chi connectivity index (χ4n) is 2.15. The highest BCUT2D eigenvalue weighted by Gasteiger charge is 2.12. The van der Waals surface area contributed by atoms with Gasteiger partial charge in [-0.3, -0.25) is 4.98 Å². The SMILES string of the molecule is CCN(CC)CCC(CCO)c1ccncc1. The van der Waals surface area contributed by atoms with E-state index in [9.17, 15) is 0 Å². The molecule has 3 heteroatoms. The van der Waals surface area contributed by atoms with Crippen LogP contribution in [0.5, 0.6) is 0 Å². The largest absolute Gasteiger partial charge is 0.396 e. The van der Waals surface area contributed by atoms with Crippen LogP contribution < -0.4 is 0 Å². The molecule has 0 aliphatic heterocycles. The van der Waals surface area contributed by atoms with Crippen LogP contribution in [-0.4, -0.2) is 41.2 Å². The van der Waals surface area contributed by atoms with Crippen molar-refractivity contribution in [3.05, 3.63) is 30.1 Å². The Labute approximate surface area is 104 Å². The summed E-state index contributed by atoms with van der Waals surface area (Å²) >= 11 is 0. The first kappa shape index (κ1) is 14.1. The van der Waals surface area contributed by atoms with Gasteiger partial charge in [0, 0.05) is 19.0 Å². The second kappa shape index (κ2) is 8.20. The minimum absolute atomic E-state index is 0.255. The monoisotopic (exact) mass is 236 g/mol. The van der Waals surface area contributed by atoms with Crippen LogP contribution in [0.1, 0.15) is 38.2 Å². The van der Waals surface area contributed by atoms with Crippen LogP contribution in [-0.2, 0) is 0 Å². The van der Waals surface area contributed by atoms with Gasteiger partial charge in [-0.1, -0.05) is 13.8 Å². The maximum Gasteiger partial charge on any atom is 0.0436 e. The van der Waals surface area contributed by atoms with E-state index in [-0.39, 0.29) is 6.61 Å². The molecule has 0 aliphatic carbocycles. The number of rotatable bonds is 8. The van der Waals surface area contributed by atoms with Crippen molar-refractivity contribution < 1.29 is 5.11 Å². The van der Waals surface area contributed by atoms with E-state index in [1.165, 1.54) is 5.56 Å². The van der Waals surface area contributed by atoms with E-state index in [1.807, 2.05) is 12.4 Å². The van der Waals surface area contributed by atoms with Gasteiger partial charge in [-0.05, 0) is 56.1 Å². The summed E-state index contributed by atoms with van der Waals surface area (Å²) in [6.07, 6.45) is 5.60. The molecule has 1 aromatic rings. The lowest BCUT2D eigenvalue weighted by atomic mass is 9.93. The van der Waals surface area contributed by atoms with Gasteiger partial charge >= 0.3 is 0 Å². The van der Waals surface area contributed by atoms with Crippen molar-refractivity contribution in [3.8, 4) is 0 Å². The third-order valence-corrected chi connectivity index (χ3v) is 3.34. The molecule has 0 saturated carbocycles. The number of pyridine rings is 1. The molecule has 1 rings (SSSR count). The van der Waals surface area contributed by atoms with Gasteiger partial charge in [0.05, 0.1) is 0 Å². The standard InChI is InChI=1S/C14H24N2O/c1-3-16(4-2)11-7-14(8-12-17)13-5-9-15-10-6-13/h5-6,9-10,14,17H,3-4,7-8,11-12H2,1-2H3. The first-order valence-corrected chi connectivity index (χ1v) is 6.54. The molecule has 0 bridgehead atoms. The lowest BCUT2D eigenvalue weighted by Gasteiger charge is -2.22. The fourth-order valence-corrected chi connectivity index (χ4v) is 2.15. The molecule has 0 aliphatic rings. The summed E-state index contributed by atoms with van der Waals surface area (Å²) in [7, 11) is 0. The Bertz CT molecular complexity index is 286. The van der Waals surface area contributed by atoms with Crippen LogP contribution in [0.25, 0.3) is 0 Å². The summed E-state index contributed by atoms with van der Waals surface area (Å²) in [6.45, 7) is 7.93. The van der Waals surface area contributed by atoms with Crippen LogP contribution in [0.3, 0.4) is 0 Å². The summed E-state index contributed by atoms with van der Waals surface area (Å²) in [4.78, 5) is 6.46. The van der Waals surface area contributed by atoms with Crippen molar-refractivity contribution in [3.63, 3.8) is 0 Å². The highest BCUT2D eigenvalue weighted by molar-refractivity contribution is 5.15. The molecule has 3 nitrogen and oxygen atoms in total. The molecule has 96 valence electrons. The molecule has 0 amide bonds. The summed E-state index contributed by atoms with van der Waals surface area (Å²) in [6, 6.07) is 4.12. The van der Waals surface area contributed by atoms with Crippen LogP contribution in [0.15, 0.2) is 24.5 Å². The number of hydrogen-bond acceptors (Lipinski definition) is 3. The molecule has 0 fully saturated rings. The van der Waals surface area contributed by atoms with Crippen molar-refractivity contribution in [1.82, 2.24) is 9.88 Å². The first-order valence-electron chi connectivity index (χ1n) is 6.54. The lowest BCUT2D eigenvalue weighted by Crippen LogP contribution is -2.25. The Morgan fingerprint density at radius 3 is 2.35 bits per heavy atom. The average molecular weight is 236 g/mol. The molecule has 1 N–H and O–H groups in total. The molecule has 0 aromatic carbocycles. The summed E-state index contributed by atoms with van der Waals surface area (Å²) in [5.41, 5.74) is 1.29. The second-order valence-electron chi connectivity index (χ2n) is 4.31. The Kier molecular flexibility index (Phi) is 6.82. The van der Waals surface area contributed by atoms with Crippen molar-refractivity contribution in [1.29, 1.82) is 0 Å². The van der Waals surface area contributed by atoms with E-state index in [1.54, 1.807) is 0 Å². The zero-order valence-electron chi connectivity index (χ0n) is 11.0. The van der Waals surface area contributed by atoms with Crippen molar-refractivity contribution >= 4 is 0 Å². The normalized spacial score (nSPS) is 12.9. The zero-order valence-corrected chi connectivity index (χ0v) is 11.0. The van der Waals surface area contributed by atoms with E-state index in [2.05, 4.69) is 35.9 Å². The number of aliphatic hydroxyl groups excluding tert-OH is 1. The smallest absolute Gasteiger partial charge is 0.0436 e. The highest BCUT2D eigenvalue weighted by atomic mass is 16.3. The third kappa shape index (κ3) is 4.84. The van der Waals surface area contributed by atoms with Gasteiger partial charge in [-0.15, -0.1) is 0 Å². The van der Waals surface area contributed by atoms with Gasteiger partial charge in [0.2, 0.25) is 0 Å². The van der Waals surface area contributed by atoms with E-state index in [4.69, 9.17) is 5.11 Å². The molecule has 0 saturated heterocycles. The number of aliphatic hydroxyl groups is 1. The molecule has 0 spiro atoms. The lowest BCUT2D eigenvalue weighted by molar-refractivity contribution is 0.252. The topological polar surface area (TPSA) is 36.4 Å². The van der Waals surface area contributed by atoms with Crippen molar-refractivity contribution in [2.45, 2.75) is 32.6 Å². The summed E-state index contributed by atoms with van der Waals surface area (Å²) in [5.74, 6) is 0.448. The maximum atomic E-state index is 9.15. The molecular weight excluding hydrogens is 212 g/mol. The molecule has 1 heterocycles. The number of aromatic nitrogens is 1. The maximum absolute atomic E-state index is 9.15. The van der Waals surface area contributed by atoms with Gasteiger partial charge in [-0.25, -0.2) is 0 Å². The minimum Gasteiger partial charge on any atom is -0.396 e. The van der Waals surface area contributed by atoms with E-state index >= 15 is 0 Å². The Balaban J connectivity index is 2.55. The van der Waals surface area contributed by atoms with E-state index < -0.39 is 0 Å². The highest BCUT2D eigenvalue weighted by Crippen LogP contribution is 2.22. The Hall–Kier alpha value is -0.930. The van der Waals surface area contributed by atoms with Gasteiger partial charge in [0.15, 0.2) is 0 Å². The third-order valence-electron chi connectivity index (χ3n) is 3.34. The minimum atomic E-state index is 0.255.